The van der Waals surface area contributed by atoms with Gasteiger partial charge in [-0.05, 0) is 49.5 Å². The van der Waals surface area contributed by atoms with E-state index in [2.05, 4.69) is 6.92 Å². The quantitative estimate of drug-likeness (QED) is 0.679. The zero-order chi connectivity index (χ0) is 9.47. The van der Waals surface area contributed by atoms with Crippen LogP contribution in [0.15, 0.2) is 0 Å². The van der Waals surface area contributed by atoms with Gasteiger partial charge in [0.25, 0.3) is 0 Å². The first-order valence-electron chi connectivity index (χ1n) is 5.61. The van der Waals surface area contributed by atoms with Gasteiger partial charge in [0.2, 0.25) is 0 Å². The standard InChI is InChI=1S/C11H21NO/c1-2-3-8(7-12)10(13)9-6-11(9)4-5-11/h8-10,13H,2-7,12H2,1H3. The molecule has 2 aliphatic carbocycles. The molecule has 2 nitrogen and oxygen atoms in total. The molecule has 0 radical (unpaired) electrons. The van der Waals surface area contributed by atoms with Crippen molar-refractivity contribution in [2.75, 3.05) is 6.54 Å². The average Bonchev–Trinajstić information content (AvgIpc) is 3.03. The van der Waals surface area contributed by atoms with E-state index in [1.807, 2.05) is 0 Å². The van der Waals surface area contributed by atoms with Crippen molar-refractivity contribution in [2.45, 2.75) is 45.1 Å². The molecule has 2 saturated carbocycles. The van der Waals surface area contributed by atoms with Crippen molar-refractivity contribution in [2.24, 2.45) is 23.0 Å². The second kappa shape index (κ2) is 3.25. The van der Waals surface area contributed by atoms with Crippen molar-refractivity contribution in [3.05, 3.63) is 0 Å². The number of aliphatic hydroxyl groups excluding tert-OH is 1. The smallest absolute Gasteiger partial charge is 0.0614 e. The Labute approximate surface area is 80.5 Å². The summed E-state index contributed by atoms with van der Waals surface area (Å²) in [6.45, 7) is 2.82. The molecule has 0 aliphatic heterocycles. The van der Waals surface area contributed by atoms with E-state index >= 15 is 0 Å². The van der Waals surface area contributed by atoms with Gasteiger partial charge in [-0.3, -0.25) is 0 Å². The Morgan fingerprint density at radius 1 is 1.54 bits per heavy atom. The van der Waals surface area contributed by atoms with Crippen LogP contribution in [-0.2, 0) is 0 Å². The molecule has 3 N–H and O–H groups in total. The molecule has 2 rings (SSSR count). The van der Waals surface area contributed by atoms with Gasteiger partial charge in [-0.25, -0.2) is 0 Å². The summed E-state index contributed by atoms with van der Waals surface area (Å²) in [6, 6.07) is 0. The molecule has 3 atom stereocenters. The minimum absolute atomic E-state index is 0.104. The minimum atomic E-state index is -0.104. The van der Waals surface area contributed by atoms with Crippen LogP contribution in [0.3, 0.4) is 0 Å². The fraction of sp³-hybridized carbons (Fsp3) is 1.00. The zero-order valence-electron chi connectivity index (χ0n) is 8.50. The van der Waals surface area contributed by atoms with Crippen molar-refractivity contribution in [3.63, 3.8) is 0 Å². The summed E-state index contributed by atoms with van der Waals surface area (Å²) < 4.78 is 0. The predicted molar refractivity (Wildman–Crippen MR) is 53.2 cm³/mol. The molecular formula is C11H21NO. The van der Waals surface area contributed by atoms with Crippen LogP contribution < -0.4 is 5.73 Å². The highest BCUT2D eigenvalue weighted by Gasteiger charge is 2.65. The Morgan fingerprint density at radius 3 is 2.62 bits per heavy atom. The summed E-state index contributed by atoms with van der Waals surface area (Å²) in [7, 11) is 0. The Balaban J connectivity index is 1.84. The maximum Gasteiger partial charge on any atom is 0.0614 e. The SMILES string of the molecule is CCCC(CN)C(O)C1CC12CC2. The van der Waals surface area contributed by atoms with E-state index in [1.54, 1.807) is 0 Å². The van der Waals surface area contributed by atoms with Crippen LogP contribution in [0, 0.1) is 17.3 Å². The fourth-order valence-corrected chi connectivity index (χ4v) is 2.72. The molecule has 0 aromatic heterocycles. The van der Waals surface area contributed by atoms with Crippen LogP contribution in [0.2, 0.25) is 0 Å². The van der Waals surface area contributed by atoms with E-state index in [1.165, 1.54) is 19.3 Å². The van der Waals surface area contributed by atoms with Gasteiger partial charge in [-0.15, -0.1) is 0 Å². The highest BCUT2D eigenvalue weighted by molar-refractivity contribution is 5.15. The molecule has 76 valence electrons. The summed E-state index contributed by atoms with van der Waals surface area (Å²) in [5, 5.41) is 10.1. The molecule has 13 heavy (non-hydrogen) atoms. The predicted octanol–water partition coefficient (Wildman–Crippen LogP) is 1.52. The first-order chi connectivity index (χ1) is 6.23. The second-order valence-corrected chi connectivity index (χ2v) is 4.95. The molecule has 2 fully saturated rings. The van der Waals surface area contributed by atoms with Gasteiger partial charge in [-0.2, -0.15) is 0 Å². The van der Waals surface area contributed by atoms with Crippen LogP contribution in [0.1, 0.15) is 39.0 Å². The van der Waals surface area contributed by atoms with E-state index < -0.39 is 0 Å². The van der Waals surface area contributed by atoms with E-state index in [-0.39, 0.29) is 6.10 Å². The third-order valence-corrected chi connectivity index (χ3v) is 4.00. The third-order valence-electron chi connectivity index (χ3n) is 4.00. The number of rotatable bonds is 5. The molecule has 0 bridgehead atoms. The van der Waals surface area contributed by atoms with E-state index in [9.17, 15) is 5.11 Å². The van der Waals surface area contributed by atoms with Gasteiger partial charge < -0.3 is 10.8 Å². The van der Waals surface area contributed by atoms with Crippen molar-refractivity contribution in [1.82, 2.24) is 0 Å². The zero-order valence-corrected chi connectivity index (χ0v) is 8.50. The topological polar surface area (TPSA) is 46.2 Å². The lowest BCUT2D eigenvalue weighted by molar-refractivity contribution is 0.0785. The maximum atomic E-state index is 10.1. The van der Waals surface area contributed by atoms with Crippen molar-refractivity contribution in [1.29, 1.82) is 0 Å². The van der Waals surface area contributed by atoms with Crippen molar-refractivity contribution < 1.29 is 5.11 Å². The highest BCUT2D eigenvalue weighted by Crippen LogP contribution is 2.72. The summed E-state index contributed by atoms with van der Waals surface area (Å²) in [5.74, 6) is 0.961. The lowest BCUT2D eigenvalue weighted by Crippen LogP contribution is -2.30. The van der Waals surface area contributed by atoms with Gasteiger partial charge in [0.1, 0.15) is 0 Å². The lowest BCUT2D eigenvalue weighted by atomic mass is 9.93. The van der Waals surface area contributed by atoms with Gasteiger partial charge in [0.05, 0.1) is 6.10 Å². The molecule has 0 aromatic carbocycles. The second-order valence-electron chi connectivity index (χ2n) is 4.95. The first-order valence-corrected chi connectivity index (χ1v) is 5.61. The van der Waals surface area contributed by atoms with Crippen LogP contribution in [-0.4, -0.2) is 17.8 Å². The lowest BCUT2D eigenvalue weighted by Gasteiger charge is -2.20. The molecule has 3 unspecified atom stereocenters. The number of nitrogens with two attached hydrogens (primary N) is 1. The largest absolute Gasteiger partial charge is 0.392 e. The summed E-state index contributed by atoms with van der Waals surface area (Å²) >= 11 is 0. The molecule has 0 aromatic rings. The van der Waals surface area contributed by atoms with E-state index in [0.717, 1.165) is 12.8 Å². The molecule has 0 amide bonds. The molecule has 0 heterocycles. The van der Waals surface area contributed by atoms with Crippen LogP contribution >= 0.6 is 0 Å². The fourth-order valence-electron chi connectivity index (χ4n) is 2.72. The summed E-state index contributed by atoms with van der Waals surface area (Å²) in [5.41, 5.74) is 6.29. The molecule has 2 aliphatic rings. The number of hydrogen-bond donors (Lipinski definition) is 2. The van der Waals surface area contributed by atoms with Crippen LogP contribution in [0.5, 0.6) is 0 Å². The Hall–Kier alpha value is -0.0800. The molecule has 2 heteroatoms. The van der Waals surface area contributed by atoms with Crippen molar-refractivity contribution in [3.8, 4) is 0 Å². The molecular weight excluding hydrogens is 162 g/mol. The number of aliphatic hydroxyl groups is 1. The summed E-state index contributed by atoms with van der Waals surface area (Å²) in [4.78, 5) is 0. The van der Waals surface area contributed by atoms with E-state index in [0.29, 0.717) is 23.8 Å². The minimum Gasteiger partial charge on any atom is -0.392 e. The maximum absolute atomic E-state index is 10.1. The average molecular weight is 183 g/mol. The number of hydrogen-bond acceptors (Lipinski definition) is 2. The molecule has 0 saturated heterocycles. The monoisotopic (exact) mass is 183 g/mol. The third kappa shape index (κ3) is 1.62. The Kier molecular flexibility index (Phi) is 2.37. The first kappa shape index (κ1) is 9.47. The normalized spacial score (nSPS) is 33.0. The van der Waals surface area contributed by atoms with Crippen LogP contribution in [0.25, 0.3) is 0 Å². The summed E-state index contributed by atoms with van der Waals surface area (Å²) in [6.07, 6.45) is 6.11. The Morgan fingerprint density at radius 2 is 2.23 bits per heavy atom. The highest BCUT2D eigenvalue weighted by atomic mass is 16.3. The van der Waals surface area contributed by atoms with Gasteiger partial charge in [-0.1, -0.05) is 13.3 Å². The van der Waals surface area contributed by atoms with Gasteiger partial charge in [0.15, 0.2) is 0 Å². The van der Waals surface area contributed by atoms with Gasteiger partial charge in [0, 0.05) is 0 Å². The van der Waals surface area contributed by atoms with Gasteiger partial charge >= 0.3 is 0 Å². The molecule has 1 spiro atoms. The van der Waals surface area contributed by atoms with Crippen molar-refractivity contribution >= 4 is 0 Å². The van der Waals surface area contributed by atoms with Crippen LogP contribution in [0.4, 0.5) is 0 Å². The Bertz CT molecular complexity index is 189. The van der Waals surface area contributed by atoms with E-state index in [4.69, 9.17) is 5.73 Å².